The first-order valence-corrected chi connectivity index (χ1v) is 7.43. The summed E-state index contributed by atoms with van der Waals surface area (Å²) in [7, 11) is 0. The zero-order chi connectivity index (χ0) is 13.4. The van der Waals surface area contributed by atoms with Crippen LogP contribution in [-0.2, 0) is 6.42 Å². The molecule has 0 aliphatic heterocycles. The Morgan fingerprint density at radius 1 is 1.11 bits per heavy atom. The Morgan fingerprint density at radius 2 is 1.78 bits per heavy atom. The van der Waals surface area contributed by atoms with E-state index < -0.39 is 0 Å². The normalized spacial score (nSPS) is 14.4. The maximum absolute atomic E-state index is 3.52. The van der Waals surface area contributed by atoms with Crippen molar-refractivity contribution >= 4 is 0 Å². The fraction of sp³-hybridized carbons (Fsp3) is 0.647. The Morgan fingerprint density at radius 3 is 2.33 bits per heavy atom. The summed E-state index contributed by atoms with van der Waals surface area (Å²) in [4.78, 5) is 0. The third kappa shape index (κ3) is 5.22. The van der Waals surface area contributed by atoms with Crippen LogP contribution in [0.15, 0.2) is 24.3 Å². The molecule has 0 aliphatic carbocycles. The second-order valence-electron chi connectivity index (χ2n) is 5.52. The fourth-order valence-electron chi connectivity index (χ4n) is 2.52. The van der Waals surface area contributed by atoms with Gasteiger partial charge in [0.15, 0.2) is 0 Å². The van der Waals surface area contributed by atoms with Crippen molar-refractivity contribution in [1.29, 1.82) is 0 Å². The first-order valence-electron chi connectivity index (χ1n) is 7.43. The van der Waals surface area contributed by atoms with Gasteiger partial charge < -0.3 is 5.32 Å². The molecule has 0 saturated heterocycles. The summed E-state index contributed by atoms with van der Waals surface area (Å²) >= 11 is 0. The Bertz CT molecular complexity index is 315. The Balaban J connectivity index is 2.61. The quantitative estimate of drug-likeness (QED) is 0.726. The van der Waals surface area contributed by atoms with Crippen LogP contribution in [-0.4, -0.2) is 13.1 Å². The molecule has 1 nitrogen and oxygen atoms in total. The lowest BCUT2D eigenvalue weighted by Gasteiger charge is -2.24. The highest BCUT2D eigenvalue weighted by atomic mass is 14.8. The predicted molar refractivity (Wildman–Crippen MR) is 81.0 cm³/mol. The Labute approximate surface area is 113 Å². The van der Waals surface area contributed by atoms with Crippen LogP contribution in [0.5, 0.6) is 0 Å². The molecule has 0 aromatic heterocycles. The van der Waals surface area contributed by atoms with E-state index in [-0.39, 0.29) is 0 Å². The standard InChI is InChI=1S/C17H29N/c1-5-7-15(4)17(13-18-6-2)12-16-10-8-14(3)9-11-16/h8-11,15,17-18H,5-7,12-13H2,1-4H3. The summed E-state index contributed by atoms with van der Waals surface area (Å²) in [5, 5.41) is 3.52. The van der Waals surface area contributed by atoms with Crippen LogP contribution < -0.4 is 5.32 Å². The van der Waals surface area contributed by atoms with Gasteiger partial charge >= 0.3 is 0 Å². The smallest absolute Gasteiger partial charge is 0.00149 e. The van der Waals surface area contributed by atoms with Crippen LogP contribution in [0.25, 0.3) is 0 Å². The van der Waals surface area contributed by atoms with E-state index >= 15 is 0 Å². The lowest BCUT2D eigenvalue weighted by molar-refractivity contribution is 0.320. The minimum Gasteiger partial charge on any atom is -0.317 e. The van der Waals surface area contributed by atoms with Crippen LogP contribution in [0.1, 0.15) is 44.7 Å². The van der Waals surface area contributed by atoms with Crippen LogP contribution in [0.3, 0.4) is 0 Å². The molecule has 0 aliphatic rings. The summed E-state index contributed by atoms with van der Waals surface area (Å²) in [5.74, 6) is 1.56. The molecule has 0 radical (unpaired) electrons. The zero-order valence-electron chi connectivity index (χ0n) is 12.5. The minimum atomic E-state index is 0.757. The van der Waals surface area contributed by atoms with Crippen LogP contribution >= 0.6 is 0 Å². The summed E-state index contributed by atoms with van der Waals surface area (Å²) < 4.78 is 0. The average molecular weight is 247 g/mol. The van der Waals surface area contributed by atoms with Gasteiger partial charge in [0, 0.05) is 0 Å². The highest BCUT2D eigenvalue weighted by Crippen LogP contribution is 2.21. The second kappa shape index (κ2) is 8.31. The number of nitrogens with one attached hydrogen (secondary N) is 1. The maximum atomic E-state index is 3.52. The van der Waals surface area contributed by atoms with Crippen molar-refractivity contribution < 1.29 is 0 Å². The van der Waals surface area contributed by atoms with Gasteiger partial charge in [-0.1, -0.05) is 63.4 Å². The second-order valence-corrected chi connectivity index (χ2v) is 5.52. The predicted octanol–water partition coefficient (Wildman–Crippen LogP) is 4.20. The van der Waals surface area contributed by atoms with E-state index in [9.17, 15) is 0 Å². The van der Waals surface area contributed by atoms with E-state index in [0.29, 0.717) is 0 Å². The maximum Gasteiger partial charge on any atom is -0.00149 e. The molecule has 1 aromatic rings. The lowest BCUT2D eigenvalue weighted by Crippen LogP contribution is -2.28. The molecule has 1 aromatic carbocycles. The van der Waals surface area contributed by atoms with E-state index in [4.69, 9.17) is 0 Å². The lowest BCUT2D eigenvalue weighted by atomic mass is 9.85. The van der Waals surface area contributed by atoms with E-state index in [2.05, 4.69) is 57.3 Å². The van der Waals surface area contributed by atoms with Gasteiger partial charge in [-0.15, -0.1) is 0 Å². The highest BCUT2D eigenvalue weighted by molar-refractivity contribution is 5.21. The topological polar surface area (TPSA) is 12.0 Å². The minimum absolute atomic E-state index is 0.757. The molecule has 2 atom stereocenters. The van der Waals surface area contributed by atoms with Gasteiger partial charge in [0.1, 0.15) is 0 Å². The summed E-state index contributed by atoms with van der Waals surface area (Å²) in [5.41, 5.74) is 2.83. The largest absolute Gasteiger partial charge is 0.317 e. The molecule has 102 valence electrons. The van der Waals surface area contributed by atoms with Crippen molar-refractivity contribution in [3.05, 3.63) is 35.4 Å². The van der Waals surface area contributed by atoms with E-state index in [0.717, 1.165) is 24.9 Å². The van der Waals surface area contributed by atoms with Gasteiger partial charge in [0.2, 0.25) is 0 Å². The van der Waals surface area contributed by atoms with E-state index in [1.807, 2.05) is 0 Å². The SMILES string of the molecule is CCCC(C)C(CNCC)Cc1ccc(C)cc1. The molecule has 0 fully saturated rings. The molecule has 2 unspecified atom stereocenters. The molecule has 18 heavy (non-hydrogen) atoms. The fourth-order valence-corrected chi connectivity index (χ4v) is 2.52. The molecule has 1 rings (SSSR count). The number of hydrogen-bond donors (Lipinski definition) is 1. The molecule has 1 heteroatoms. The van der Waals surface area contributed by atoms with Gasteiger partial charge in [-0.3, -0.25) is 0 Å². The summed E-state index contributed by atoms with van der Waals surface area (Å²) in [6.45, 7) is 11.2. The number of rotatable bonds is 8. The third-order valence-electron chi connectivity index (χ3n) is 3.82. The molecular formula is C17H29N. The molecule has 0 spiro atoms. The molecule has 0 amide bonds. The van der Waals surface area contributed by atoms with Crippen LogP contribution in [0.2, 0.25) is 0 Å². The molecule has 0 heterocycles. The van der Waals surface area contributed by atoms with Gasteiger partial charge in [0.05, 0.1) is 0 Å². The van der Waals surface area contributed by atoms with Crippen molar-refractivity contribution in [2.45, 2.75) is 47.0 Å². The summed E-state index contributed by atoms with van der Waals surface area (Å²) in [6.07, 6.45) is 3.83. The summed E-state index contributed by atoms with van der Waals surface area (Å²) in [6, 6.07) is 9.02. The number of aryl methyl sites for hydroxylation is 1. The molecular weight excluding hydrogens is 218 g/mol. The van der Waals surface area contributed by atoms with Crippen molar-refractivity contribution in [1.82, 2.24) is 5.32 Å². The van der Waals surface area contributed by atoms with Gasteiger partial charge in [-0.25, -0.2) is 0 Å². The third-order valence-corrected chi connectivity index (χ3v) is 3.82. The van der Waals surface area contributed by atoms with Crippen molar-refractivity contribution in [3.8, 4) is 0 Å². The first kappa shape index (κ1) is 15.2. The molecule has 1 N–H and O–H groups in total. The van der Waals surface area contributed by atoms with Gasteiger partial charge in [-0.05, 0) is 43.8 Å². The Kier molecular flexibility index (Phi) is 7.04. The van der Waals surface area contributed by atoms with Gasteiger partial charge in [-0.2, -0.15) is 0 Å². The molecule has 0 bridgehead atoms. The molecule has 0 saturated carbocycles. The Hall–Kier alpha value is -0.820. The number of benzene rings is 1. The van der Waals surface area contributed by atoms with Crippen molar-refractivity contribution in [2.75, 3.05) is 13.1 Å². The zero-order valence-corrected chi connectivity index (χ0v) is 12.5. The van der Waals surface area contributed by atoms with E-state index in [1.165, 1.54) is 30.4 Å². The van der Waals surface area contributed by atoms with Crippen LogP contribution in [0, 0.1) is 18.8 Å². The van der Waals surface area contributed by atoms with Crippen molar-refractivity contribution in [3.63, 3.8) is 0 Å². The first-order chi connectivity index (χ1) is 8.67. The highest BCUT2D eigenvalue weighted by Gasteiger charge is 2.16. The monoisotopic (exact) mass is 247 g/mol. The van der Waals surface area contributed by atoms with E-state index in [1.54, 1.807) is 0 Å². The van der Waals surface area contributed by atoms with Crippen molar-refractivity contribution in [2.24, 2.45) is 11.8 Å². The van der Waals surface area contributed by atoms with Crippen LogP contribution in [0.4, 0.5) is 0 Å². The number of hydrogen-bond acceptors (Lipinski definition) is 1. The average Bonchev–Trinajstić information content (AvgIpc) is 2.37. The van der Waals surface area contributed by atoms with Gasteiger partial charge in [0.25, 0.3) is 0 Å².